The predicted molar refractivity (Wildman–Crippen MR) is 85.5 cm³/mol. The van der Waals surface area contributed by atoms with Gasteiger partial charge in [0.1, 0.15) is 0 Å². The molecule has 0 aromatic carbocycles. The molecular weight excluding hydrogens is 329 g/mol. The molecule has 138 valence electrons. The lowest BCUT2D eigenvalue weighted by Crippen LogP contribution is -2.51. The zero-order chi connectivity index (χ0) is 17.8. The van der Waals surface area contributed by atoms with Crippen LogP contribution in [-0.4, -0.2) is 23.2 Å². The van der Waals surface area contributed by atoms with Gasteiger partial charge in [-0.15, -0.1) is 0 Å². The van der Waals surface area contributed by atoms with Crippen LogP contribution < -0.4 is 0 Å². The number of alkyl halides is 3. The van der Waals surface area contributed by atoms with E-state index in [2.05, 4.69) is 6.92 Å². The van der Waals surface area contributed by atoms with E-state index < -0.39 is 17.5 Å². The molecule has 1 spiro atoms. The molecule has 0 amide bonds. The second kappa shape index (κ2) is 4.71. The smallest absolute Gasteiger partial charge is 0.393 e. The molecule has 1 N–H and O–H groups in total. The molecule has 25 heavy (non-hydrogen) atoms. The van der Waals surface area contributed by atoms with Gasteiger partial charge in [-0.1, -0.05) is 12.5 Å². The number of fused-ring (bicyclic) bond motifs is 3. The van der Waals surface area contributed by atoms with Crippen molar-refractivity contribution < 1.29 is 23.1 Å². The molecule has 5 aliphatic rings. The van der Waals surface area contributed by atoms with Crippen molar-refractivity contribution in [2.24, 2.45) is 34.5 Å². The van der Waals surface area contributed by atoms with E-state index >= 15 is 0 Å². The molecule has 5 heteroatoms. The van der Waals surface area contributed by atoms with Crippen LogP contribution in [0, 0.1) is 34.5 Å². The maximum Gasteiger partial charge on any atom is 0.419 e. The van der Waals surface area contributed by atoms with E-state index in [9.17, 15) is 23.1 Å². The summed E-state index contributed by atoms with van der Waals surface area (Å²) in [6, 6.07) is 0. The van der Waals surface area contributed by atoms with Crippen LogP contribution in [0.2, 0.25) is 0 Å². The van der Waals surface area contributed by atoms with Crippen LogP contribution in [0.15, 0.2) is 11.1 Å². The van der Waals surface area contributed by atoms with Crippen molar-refractivity contribution in [1.29, 1.82) is 0 Å². The highest BCUT2D eigenvalue weighted by atomic mass is 19.4. The van der Waals surface area contributed by atoms with E-state index in [1.54, 1.807) is 0 Å². The van der Waals surface area contributed by atoms with Crippen LogP contribution in [0.4, 0.5) is 13.2 Å². The Bertz CT molecular complexity index is 681. The minimum atomic E-state index is -4.51. The first-order valence-corrected chi connectivity index (χ1v) is 9.71. The highest BCUT2D eigenvalue weighted by Gasteiger charge is 2.77. The van der Waals surface area contributed by atoms with Crippen molar-refractivity contribution in [3.05, 3.63) is 11.1 Å². The van der Waals surface area contributed by atoms with Crippen LogP contribution in [0.5, 0.6) is 0 Å². The molecule has 4 saturated carbocycles. The number of Topliss-reactive ketones (excluding diaryl/α,β-unsaturated/α-hetero) is 1. The predicted octanol–water partition coefficient (Wildman–Crippen LogP) is 4.42. The minimum absolute atomic E-state index is 0.0442. The van der Waals surface area contributed by atoms with Crippen molar-refractivity contribution >= 4 is 5.78 Å². The second-order valence-electron chi connectivity index (χ2n) is 9.42. The van der Waals surface area contributed by atoms with Crippen molar-refractivity contribution in [3.63, 3.8) is 0 Å². The van der Waals surface area contributed by atoms with Crippen molar-refractivity contribution in [2.75, 3.05) is 0 Å². The van der Waals surface area contributed by atoms with E-state index in [1.165, 1.54) is 0 Å². The largest absolute Gasteiger partial charge is 0.419 e. The maximum absolute atomic E-state index is 13.5. The summed E-state index contributed by atoms with van der Waals surface area (Å²) in [4.78, 5) is 12.0. The van der Waals surface area contributed by atoms with Gasteiger partial charge in [-0.2, -0.15) is 13.2 Å². The molecule has 0 saturated heterocycles. The summed E-state index contributed by atoms with van der Waals surface area (Å²) in [5, 5.41) is 10.6. The zero-order valence-electron chi connectivity index (χ0n) is 14.5. The molecule has 0 aliphatic heterocycles. The summed E-state index contributed by atoms with van der Waals surface area (Å²) in [7, 11) is 0. The first-order valence-electron chi connectivity index (χ1n) is 9.71. The van der Waals surface area contributed by atoms with Crippen LogP contribution >= 0.6 is 0 Å². The maximum atomic E-state index is 13.5. The second-order valence-corrected chi connectivity index (χ2v) is 9.42. The number of halogens is 3. The van der Waals surface area contributed by atoms with Gasteiger partial charge in [-0.05, 0) is 79.4 Å². The Hall–Kier alpha value is -0.840. The number of carbonyl (C=O) groups is 1. The summed E-state index contributed by atoms with van der Waals surface area (Å²) >= 11 is 0. The quantitative estimate of drug-likeness (QED) is 0.699. The molecule has 0 aromatic heterocycles. The monoisotopic (exact) mass is 354 g/mol. The number of hydrogen-bond donors (Lipinski definition) is 1. The highest BCUT2D eigenvalue weighted by molar-refractivity contribution is 5.98. The molecule has 7 atom stereocenters. The topological polar surface area (TPSA) is 37.3 Å². The Morgan fingerprint density at radius 1 is 1.16 bits per heavy atom. The molecule has 3 unspecified atom stereocenters. The Morgan fingerprint density at radius 3 is 2.64 bits per heavy atom. The Labute approximate surface area is 145 Å². The Kier molecular flexibility index (Phi) is 3.08. The number of carbonyl (C=O) groups excluding carboxylic acids is 1. The molecule has 0 radical (unpaired) electrons. The summed E-state index contributed by atoms with van der Waals surface area (Å²) in [5.74, 6) is 0.517. The number of allylic oxidation sites excluding steroid dienone is 1. The van der Waals surface area contributed by atoms with Crippen LogP contribution in [0.25, 0.3) is 0 Å². The number of aliphatic hydroxyl groups is 1. The SMILES string of the molecule is C[C@]12CCC3C4CCC(=O)C(C(F)(F)F)=C4CCC3[C@@]13C[C@H]3C[C@@H]2O. The van der Waals surface area contributed by atoms with E-state index in [4.69, 9.17) is 0 Å². The van der Waals surface area contributed by atoms with E-state index in [0.717, 1.165) is 32.1 Å². The van der Waals surface area contributed by atoms with Gasteiger partial charge < -0.3 is 5.11 Å². The Balaban J connectivity index is 1.54. The van der Waals surface area contributed by atoms with E-state index in [0.29, 0.717) is 30.3 Å². The summed E-state index contributed by atoms with van der Waals surface area (Å²) < 4.78 is 40.5. The molecule has 2 nitrogen and oxygen atoms in total. The van der Waals surface area contributed by atoms with Gasteiger partial charge in [0.25, 0.3) is 0 Å². The molecule has 0 aromatic rings. The zero-order valence-corrected chi connectivity index (χ0v) is 14.5. The van der Waals surface area contributed by atoms with Gasteiger partial charge in [0.15, 0.2) is 5.78 Å². The van der Waals surface area contributed by atoms with Crippen LogP contribution in [0.3, 0.4) is 0 Å². The molecule has 0 bridgehead atoms. The lowest BCUT2D eigenvalue weighted by atomic mass is 9.49. The molecule has 4 fully saturated rings. The third-order valence-corrected chi connectivity index (χ3v) is 8.89. The van der Waals surface area contributed by atoms with E-state index in [1.807, 2.05) is 0 Å². The van der Waals surface area contributed by atoms with Crippen molar-refractivity contribution in [3.8, 4) is 0 Å². The first-order chi connectivity index (χ1) is 11.7. The molecule has 5 aliphatic carbocycles. The van der Waals surface area contributed by atoms with Crippen LogP contribution in [-0.2, 0) is 4.79 Å². The highest BCUT2D eigenvalue weighted by Crippen LogP contribution is 2.81. The number of aliphatic hydroxyl groups excluding tert-OH is 1. The average Bonchev–Trinajstić information content (AvgIpc) is 3.18. The lowest BCUT2D eigenvalue weighted by Gasteiger charge is -2.56. The summed E-state index contributed by atoms with van der Waals surface area (Å²) in [6.07, 6.45) is 0.920. The van der Waals surface area contributed by atoms with E-state index in [-0.39, 0.29) is 35.2 Å². The summed E-state index contributed by atoms with van der Waals surface area (Å²) in [6.45, 7) is 2.22. The average molecular weight is 354 g/mol. The fourth-order valence-corrected chi connectivity index (χ4v) is 7.85. The van der Waals surface area contributed by atoms with Gasteiger partial charge in [-0.3, -0.25) is 4.79 Å². The third kappa shape index (κ3) is 1.84. The summed E-state index contributed by atoms with van der Waals surface area (Å²) in [5.41, 5.74) is -0.273. The van der Waals surface area contributed by atoms with Crippen molar-refractivity contribution in [2.45, 2.75) is 70.6 Å². The van der Waals surface area contributed by atoms with Gasteiger partial charge in [0.05, 0.1) is 11.7 Å². The molecule has 0 heterocycles. The van der Waals surface area contributed by atoms with Gasteiger partial charge in [0.2, 0.25) is 0 Å². The first kappa shape index (κ1) is 16.3. The normalized spacial score (nSPS) is 51.6. The Morgan fingerprint density at radius 2 is 1.92 bits per heavy atom. The minimum Gasteiger partial charge on any atom is -0.393 e. The van der Waals surface area contributed by atoms with Gasteiger partial charge in [0, 0.05) is 6.42 Å². The lowest BCUT2D eigenvalue weighted by molar-refractivity contribution is -0.133. The van der Waals surface area contributed by atoms with Crippen molar-refractivity contribution in [1.82, 2.24) is 0 Å². The van der Waals surface area contributed by atoms with Gasteiger partial charge >= 0.3 is 6.18 Å². The fourth-order valence-electron chi connectivity index (χ4n) is 7.85. The van der Waals surface area contributed by atoms with Gasteiger partial charge in [-0.25, -0.2) is 0 Å². The fraction of sp³-hybridized carbons (Fsp3) is 0.850. The number of ketones is 1. The number of rotatable bonds is 0. The standard InChI is InChI=1S/C20H25F3O2/c1-18-7-6-12-11-3-5-15(24)17(20(21,22)23)13(11)2-4-14(12)19(18)9-10(19)8-16(18)25/h10-12,14,16,25H,2-9H2,1H3/t10-,11?,12?,14?,16+,18-,19+/m1/s1. The third-order valence-electron chi connectivity index (χ3n) is 8.89. The van der Waals surface area contributed by atoms with Crippen LogP contribution in [0.1, 0.15) is 58.3 Å². The molecular formula is C20H25F3O2. The molecule has 5 rings (SSSR count). The number of hydrogen-bond acceptors (Lipinski definition) is 2.